The molecule has 0 saturated heterocycles. The van der Waals surface area contributed by atoms with E-state index in [1.165, 1.54) is 25.5 Å². The average Bonchev–Trinajstić information content (AvgIpc) is 3.55. The topological polar surface area (TPSA) is 0 Å². The third-order valence-electron chi connectivity index (χ3n) is 7.22. The van der Waals surface area contributed by atoms with Gasteiger partial charge in [-0.3, -0.25) is 0 Å². The standard InChI is InChI=1S/C13H9.C13H10.C5H5.2ClH.Zr/c1-3-7-12-10(5-1)9-11-6-2-4-8-13(11)12;1-3-7-12(8-4-1)11-13-9-5-2-6-10-13;1-2-4-5-3-1;;;/h1-5,7-8H,9H2;1-10H;1-3H,4H2;2*1H;/q;;;;;+2/p-2. The van der Waals surface area contributed by atoms with Gasteiger partial charge in [-0.15, -0.1) is 0 Å². The SMILES string of the molecule is [Cl][Zr]([Cl])([C]1=CC=CC1)(=[C](c1ccccc1)c1ccccc1)[c]1cccc2c1Cc1ccccc1-2. The van der Waals surface area contributed by atoms with Crippen LogP contribution in [0.3, 0.4) is 0 Å². The average molecular weight is 559 g/mol. The third kappa shape index (κ3) is 3.33. The molecule has 4 aromatic carbocycles. The molecule has 0 nitrogen and oxygen atoms in total. The van der Waals surface area contributed by atoms with Crippen LogP contribution in [-0.2, 0) is 22.3 Å². The first kappa shape index (κ1) is 22.2. The van der Waals surface area contributed by atoms with Gasteiger partial charge in [-0.2, -0.15) is 0 Å². The molecule has 4 aromatic rings. The molecule has 0 bridgehead atoms. The molecule has 166 valence electrons. The van der Waals surface area contributed by atoms with Crippen molar-refractivity contribution in [2.75, 3.05) is 0 Å². The van der Waals surface area contributed by atoms with E-state index in [4.69, 9.17) is 17.0 Å². The van der Waals surface area contributed by atoms with Crippen LogP contribution in [0, 0.1) is 0 Å². The Hall–Kier alpha value is -2.31. The molecule has 0 N–H and O–H groups in total. The zero-order chi connectivity index (χ0) is 23.2. The number of allylic oxidation sites excluding steroid dienone is 4. The number of hydrogen-bond acceptors (Lipinski definition) is 0. The van der Waals surface area contributed by atoms with Crippen molar-refractivity contribution in [1.82, 2.24) is 0 Å². The zero-order valence-corrected chi connectivity index (χ0v) is 22.7. The first-order valence-corrected chi connectivity index (χ1v) is 21.7. The van der Waals surface area contributed by atoms with Gasteiger partial charge in [-0.05, 0) is 0 Å². The molecule has 34 heavy (non-hydrogen) atoms. The molecule has 0 aliphatic heterocycles. The van der Waals surface area contributed by atoms with Gasteiger partial charge in [-0.1, -0.05) is 0 Å². The Morgan fingerprint density at radius 3 is 1.91 bits per heavy atom. The van der Waals surface area contributed by atoms with Crippen LogP contribution in [0.15, 0.2) is 125 Å². The molecule has 0 spiro atoms. The van der Waals surface area contributed by atoms with Crippen molar-refractivity contribution in [3.05, 3.63) is 147 Å². The molecule has 0 aromatic heterocycles. The number of rotatable bonds is 4. The molecule has 0 fully saturated rings. The van der Waals surface area contributed by atoms with Gasteiger partial charge in [0.1, 0.15) is 0 Å². The summed E-state index contributed by atoms with van der Waals surface area (Å²) in [5, 5.41) is 0. The molecular weight excluding hydrogens is 534 g/mol. The normalized spacial score (nSPS) is 14.5. The van der Waals surface area contributed by atoms with Crippen LogP contribution < -0.4 is 3.27 Å². The second-order valence-electron chi connectivity index (χ2n) is 9.11. The second-order valence-corrected chi connectivity index (χ2v) is 28.3. The van der Waals surface area contributed by atoms with Crippen molar-refractivity contribution in [2.45, 2.75) is 12.8 Å². The van der Waals surface area contributed by atoms with Crippen LogP contribution in [0.1, 0.15) is 28.7 Å². The molecule has 2 aliphatic carbocycles. The van der Waals surface area contributed by atoms with E-state index >= 15 is 0 Å². The van der Waals surface area contributed by atoms with E-state index in [1.807, 2.05) is 12.1 Å². The summed E-state index contributed by atoms with van der Waals surface area (Å²) in [6.07, 6.45) is 8.12. The monoisotopic (exact) mass is 556 g/mol. The van der Waals surface area contributed by atoms with Gasteiger partial charge in [-0.25, -0.2) is 0 Å². The maximum absolute atomic E-state index is 8.22. The van der Waals surface area contributed by atoms with Gasteiger partial charge < -0.3 is 0 Å². The summed E-state index contributed by atoms with van der Waals surface area (Å²) in [6, 6.07) is 36.3. The Balaban J connectivity index is 1.79. The number of halogens is 2. The first-order chi connectivity index (χ1) is 16.6. The molecule has 3 heteroatoms. The van der Waals surface area contributed by atoms with E-state index in [0.717, 1.165) is 30.4 Å². The molecule has 0 atom stereocenters. The van der Waals surface area contributed by atoms with E-state index < -0.39 is 15.9 Å². The van der Waals surface area contributed by atoms with Gasteiger partial charge in [0.15, 0.2) is 0 Å². The van der Waals surface area contributed by atoms with Crippen molar-refractivity contribution < 1.29 is 15.9 Å². The molecule has 0 heterocycles. The summed E-state index contributed by atoms with van der Waals surface area (Å²) in [7, 11) is 16.4. The van der Waals surface area contributed by atoms with Gasteiger partial charge in [0.05, 0.1) is 0 Å². The fraction of sp³-hybridized carbons (Fsp3) is 0.0645. The summed E-state index contributed by atoms with van der Waals surface area (Å²) in [5.74, 6) is 0. The van der Waals surface area contributed by atoms with Crippen LogP contribution in [0.4, 0.5) is 0 Å². The molecule has 0 unspecified atom stereocenters. The van der Waals surface area contributed by atoms with Crippen LogP contribution in [0.25, 0.3) is 11.1 Å². The van der Waals surface area contributed by atoms with Crippen molar-refractivity contribution >= 4 is 23.5 Å². The molecular formula is C31H24Cl2Zr. The maximum atomic E-state index is 8.22. The summed E-state index contributed by atoms with van der Waals surface area (Å²) >= 11 is -5.10. The first-order valence-electron chi connectivity index (χ1n) is 11.7. The zero-order valence-electron chi connectivity index (χ0n) is 18.7. The summed E-state index contributed by atoms with van der Waals surface area (Å²) in [5.41, 5.74) is 7.40. The van der Waals surface area contributed by atoms with E-state index in [2.05, 4.69) is 109 Å². The van der Waals surface area contributed by atoms with Crippen LogP contribution in [0.2, 0.25) is 0 Å². The fourth-order valence-electron chi connectivity index (χ4n) is 5.69. The Labute approximate surface area is 208 Å². The van der Waals surface area contributed by atoms with Gasteiger partial charge in [0.2, 0.25) is 0 Å². The molecule has 0 radical (unpaired) electrons. The number of benzene rings is 4. The Kier molecular flexibility index (Phi) is 5.49. The van der Waals surface area contributed by atoms with Crippen molar-refractivity contribution in [2.24, 2.45) is 0 Å². The Morgan fingerprint density at radius 2 is 1.26 bits per heavy atom. The van der Waals surface area contributed by atoms with E-state index in [0.29, 0.717) is 0 Å². The number of hydrogen-bond donors (Lipinski definition) is 0. The van der Waals surface area contributed by atoms with Gasteiger partial charge in [0.25, 0.3) is 0 Å². The third-order valence-corrected chi connectivity index (χ3v) is 25.5. The minimum atomic E-state index is -5.10. The van der Waals surface area contributed by atoms with E-state index in [1.54, 1.807) is 0 Å². The van der Waals surface area contributed by atoms with Crippen LogP contribution >= 0.6 is 17.0 Å². The summed E-state index contributed by atoms with van der Waals surface area (Å²) in [6.45, 7) is 0. The fourth-order valence-corrected chi connectivity index (χ4v) is 22.6. The second kappa shape index (κ2) is 8.42. The predicted molar refractivity (Wildman–Crippen MR) is 144 cm³/mol. The minimum absolute atomic E-state index is 0.790. The van der Waals surface area contributed by atoms with Gasteiger partial charge >= 0.3 is 210 Å². The Morgan fingerprint density at radius 1 is 0.647 bits per heavy atom. The van der Waals surface area contributed by atoms with Crippen molar-refractivity contribution in [3.63, 3.8) is 0 Å². The predicted octanol–water partition coefficient (Wildman–Crippen LogP) is 7.99. The quantitative estimate of drug-likeness (QED) is 0.210. The number of fused-ring (bicyclic) bond motifs is 3. The molecule has 0 saturated carbocycles. The molecule has 6 rings (SSSR count). The summed E-state index contributed by atoms with van der Waals surface area (Å²) in [4.78, 5) is 0. The molecule has 2 aliphatic rings. The summed E-state index contributed by atoms with van der Waals surface area (Å²) < 4.78 is 3.43. The van der Waals surface area contributed by atoms with Gasteiger partial charge in [0, 0.05) is 0 Å². The van der Waals surface area contributed by atoms with Crippen LogP contribution in [0.5, 0.6) is 0 Å². The molecule has 0 amide bonds. The Bertz CT molecular complexity index is 1500. The van der Waals surface area contributed by atoms with E-state index in [-0.39, 0.29) is 0 Å². The van der Waals surface area contributed by atoms with Crippen molar-refractivity contribution in [1.29, 1.82) is 0 Å². The van der Waals surface area contributed by atoms with Crippen LogP contribution in [-0.4, -0.2) is 3.21 Å². The van der Waals surface area contributed by atoms with Crippen molar-refractivity contribution in [3.8, 4) is 11.1 Å². The van der Waals surface area contributed by atoms with E-state index in [9.17, 15) is 0 Å².